The van der Waals surface area contributed by atoms with Gasteiger partial charge in [-0.2, -0.15) is 0 Å². The molecule has 2 fully saturated rings. The molecule has 1 spiro atoms. The highest BCUT2D eigenvalue weighted by atomic mass is 19.1. The number of alkyl carbamates (subject to hydrolysis) is 1. The van der Waals surface area contributed by atoms with Crippen molar-refractivity contribution < 1.29 is 18.7 Å². The van der Waals surface area contributed by atoms with Crippen LogP contribution in [0.4, 0.5) is 9.18 Å². The van der Waals surface area contributed by atoms with Gasteiger partial charge in [-0.1, -0.05) is 6.92 Å². The molecule has 1 N–H and O–H groups in total. The van der Waals surface area contributed by atoms with Crippen LogP contribution >= 0.6 is 0 Å². The monoisotopic (exact) mass is 362 g/mol. The van der Waals surface area contributed by atoms with Gasteiger partial charge in [0, 0.05) is 50.4 Å². The summed E-state index contributed by atoms with van der Waals surface area (Å²) in [5.41, 5.74) is 0.244. The highest BCUT2D eigenvalue weighted by Crippen LogP contribution is 2.37. The Morgan fingerprint density at radius 2 is 2.00 bits per heavy atom. The molecule has 2 aliphatic rings. The van der Waals surface area contributed by atoms with Gasteiger partial charge in [0.1, 0.15) is 11.4 Å². The molecule has 1 amide bonds. The fourth-order valence-electron chi connectivity index (χ4n) is 4.12. The number of nitrogens with zero attached hydrogens (tertiary/aromatic N) is 1. The van der Waals surface area contributed by atoms with Gasteiger partial charge in [0.15, 0.2) is 5.78 Å². The second-order valence-electron chi connectivity index (χ2n) is 7.32. The number of carbonyl (C=O) groups is 2. The molecule has 0 radical (unpaired) electrons. The average Bonchev–Trinajstić information content (AvgIpc) is 2.64. The Bertz CT molecular complexity index is 639. The molecular weight excluding hydrogens is 335 g/mol. The van der Waals surface area contributed by atoms with E-state index in [4.69, 9.17) is 4.74 Å². The Balaban J connectivity index is 1.44. The number of hydrogen-bond donors (Lipinski definition) is 1. The maximum Gasteiger partial charge on any atom is 0.407 e. The highest BCUT2D eigenvalue weighted by Gasteiger charge is 2.46. The minimum absolute atomic E-state index is 0.0526. The van der Waals surface area contributed by atoms with Crippen molar-refractivity contribution in [3.8, 4) is 0 Å². The molecule has 0 aromatic heterocycles. The predicted molar refractivity (Wildman–Crippen MR) is 96.6 cm³/mol. The second-order valence-corrected chi connectivity index (χ2v) is 7.32. The van der Waals surface area contributed by atoms with Crippen molar-refractivity contribution in [1.29, 1.82) is 0 Å². The van der Waals surface area contributed by atoms with Gasteiger partial charge in [0.25, 0.3) is 0 Å². The smallest absolute Gasteiger partial charge is 0.407 e. The van der Waals surface area contributed by atoms with E-state index < -0.39 is 0 Å². The van der Waals surface area contributed by atoms with Crippen molar-refractivity contribution in [3.63, 3.8) is 0 Å². The van der Waals surface area contributed by atoms with Gasteiger partial charge < -0.3 is 15.0 Å². The third-order valence-electron chi connectivity index (χ3n) is 5.77. The topological polar surface area (TPSA) is 58.6 Å². The number of amides is 1. The van der Waals surface area contributed by atoms with E-state index in [0.29, 0.717) is 24.4 Å². The first-order chi connectivity index (χ1) is 12.5. The Kier molecular flexibility index (Phi) is 5.91. The van der Waals surface area contributed by atoms with Crippen molar-refractivity contribution in [2.24, 2.45) is 5.92 Å². The maximum atomic E-state index is 12.9. The first-order valence-corrected chi connectivity index (χ1v) is 9.50. The molecule has 2 aliphatic heterocycles. The SMILES string of the molecule is CCC1CNC(=O)OC12CCN(CCCC(=O)c1ccc(F)cc1)CC2. The molecule has 1 unspecified atom stereocenters. The molecule has 0 aliphatic carbocycles. The largest absolute Gasteiger partial charge is 0.442 e. The van der Waals surface area contributed by atoms with Gasteiger partial charge in [-0.05, 0) is 43.7 Å². The van der Waals surface area contributed by atoms with Crippen molar-refractivity contribution >= 4 is 11.9 Å². The van der Waals surface area contributed by atoms with Gasteiger partial charge in [-0.25, -0.2) is 9.18 Å². The van der Waals surface area contributed by atoms with E-state index in [1.807, 2.05) is 0 Å². The molecule has 5 nitrogen and oxygen atoms in total. The average molecular weight is 362 g/mol. The number of ketones is 1. The molecule has 26 heavy (non-hydrogen) atoms. The lowest BCUT2D eigenvalue weighted by atomic mass is 9.77. The standard InChI is InChI=1S/C20H27FN2O3/c1-2-16-14-22-19(25)26-20(16)9-12-23(13-10-20)11-3-4-18(24)15-5-7-17(21)8-6-15/h5-8,16H,2-4,9-14H2,1H3,(H,22,25). The van der Waals surface area contributed by atoms with Crippen LogP contribution in [0.5, 0.6) is 0 Å². The van der Waals surface area contributed by atoms with Crippen LogP contribution in [0.25, 0.3) is 0 Å². The van der Waals surface area contributed by atoms with E-state index in [0.717, 1.165) is 45.3 Å². The summed E-state index contributed by atoms with van der Waals surface area (Å²) in [6, 6.07) is 5.72. The number of likely N-dealkylation sites (tertiary alicyclic amines) is 1. The van der Waals surface area contributed by atoms with Crippen molar-refractivity contribution in [3.05, 3.63) is 35.6 Å². The quantitative estimate of drug-likeness (QED) is 0.788. The number of rotatable bonds is 6. The summed E-state index contributed by atoms with van der Waals surface area (Å²) < 4.78 is 18.6. The lowest BCUT2D eigenvalue weighted by molar-refractivity contribution is -0.0923. The zero-order valence-corrected chi connectivity index (χ0v) is 15.3. The van der Waals surface area contributed by atoms with E-state index in [2.05, 4.69) is 17.1 Å². The number of halogens is 1. The van der Waals surface area contributed by atoms with Crippen molar-refractivity contribution in [1.82, 2.24) is 10.2 Å². The minimum atomic E-state index is -0.326. The first-order valence-electron chi connectivity index (χ1n) is 9.50. The summed E-state index contributed by atoms with van der Waals surface area (Å²) >= 11 is 0. The fraction of sp³-hybridized carbons (Fsp3) is 0.600. The summed E-state index contributed by atoms with van der Waals surface area (Å²) in [6.45, 7) is 5.46. The van der Waals surface area contributed by atoms with Gasteiger partial charge in [0.2, 0.25) is 0 Å². The molecule has 142 valence electrons. The second kappa shape index (κ2) is 8.16. The number of Topliss-reactive ketones (excluding diaryl/α,β-unsaturated/α-hetero) is 1. The van der Waals surface area contributed by atoms with E-state index in [-0.39, 0.29) is 23.3 Å². The fourth-order valence-corrected chi connectivity index (χ4v) is 4.12. The van der Waals surface area contributed by atoms with Crippen LogP contribution in [0.3, 0.4) is 0 Å². The number of carbonyl (C=O) groups excluding carboxylic acids is 2. The molecule has 2 heterocycles. The van der Waals surface area contributed by atoms with E-state index in [1.54, 1.807) is 12.1 Å². The molecule has 2 saturated heterocycles. The Hall–Kier alpha value is -1.95. The normalized spacial score (nSPS) is 22.7. The van der Waals surface area contributed by atoms with Gasteiger partial charge in [-0.15, -0.1) is 0 Å². The van der Waals surface area contributed by atoms with Gasteiger partial charge in [-0.3, -0.25) is 4.79 Å². The Morgan fingerprint density at radius 3 is 2.65 bits per heavy atom. The molecule has 1 aromatic rings. The van der Waals surface area contributed by atoms with Crippen LogP contribution in [0.1, 0.15) is 49.4 Å². The highest BCUT2D eigenvalue weighted by molar-refractivity contribution is 5.95. The molecule has 1 aromatic carbocycles. The van der Waals surface area contributed by atoms with Crippen LogP contribution in [-0.2, 0) is 4.74 Å². The maximum absolute atomic E-state index is 12.9. The third kappa shape index (κ3) is 4.23. The van der Waals surface area contributed by atoms with Gasteiger partial charge >= 0.3 is 6.09 Å². The lowest BCUT2D eigenvalue weighted by Gasteiger charge is -2.48. The Labute approximate surface area is 153 Å². The number of nitrogens with one attached hydrogen (secondary N) is 1. The number of benzene rings is 1. The summed E-state index contributed by atoms with van der Waals surface area (Å²) in [4.78, 5) is 26.2. The van der Waals surface area contributed by atoms with Crippen molar-refractivity contribution in [2.75, 3.05) is 26.2 Å². The number of ether oxygens (including phenoxy) is 1. The zero-order chi connectivity index (χ0) is 18.6. The van der Waals surface area contributed by atoms with E-state index in [1.165, 1.54) is 12.1 Å². The van der Waals surface area contributed by atoms with Crippen LogP contribution in [-0.4, -0.2) is 48.6 Å². The van der Waals surface area contributed by atoms with Gasteiger partial charge in [0.05, 0.1) is 0 Å². The third-order valence-corrected chi connectivity index (χ3v) is 5.77. The summed E-state index contributed by atoms with van der Waals surface area (Å²) in [5.74, 6) is 0.0898. The molecule has 3 rings (SSSR count). The van der Waals surface area contributed by atoms with Crippen LogP contribution in [0, 0.1) is 11.7 Å². The molecule has 0 bridgehead atoms. The Morgan fingerprint density at radius 1 is 1.31 bits per heavy atom. The lowest BCUT2D eigenvalue weighted by Crippen LogP contribution is -2.58. The minimum Gasteiger partial charge on any atom is -0.442 e. The van der Waals surface area contributed by atoms with E-state index >= 15 is 0 Å². The van der Waals surface area contributed by atoms with Crippen LogP contribution < -0.4 is 5.32 Å². The number of piperidine rings is 1. The molecule has 1 atom stereocenters. The van der Waals surface area contributed by atoms with Crippen LogP contribution in [0.2, 0.25) is 0 Å². The van der Waals surface area contributed by atoms with E-state index in [9.17, 15) is 14.0 Å². The van der Waals surface area contributed by atoms with Crippen LogP contribution in [0.15, 0.2) is 24.3 Å². The molecule has 0 saturated carbocycles. The molecular formula is C20H27FN2O3. The summed E-state index contributed by atoms with van der Waals surface area (Å²) in [5, 5.41) is 2.80. The summed E-state index contributed by atoms with van der Waals surface area (Å²) in [6.07, 6.45) is 3.64. The first kappa shape index (κ1) is 18.8. The summed E-state index contributed by atoms with van der Waals surface area (Å²) in [7, 11) is 0. The zero-order valence-electron chi connectivity index (χ0n) is 15.3. The van der Waals surface area contributed by atoms with Crippen molar-refractivity contribution in [2.45, 2.75) is 44.6 Å². The number of hydrogen-bond acceptors (Lipinski definition) is 4. The predicted octanol–water partition coefficient (Wildman–Crippen LogP) is 3.39. The molecule has 6 heteroatoms.